The van der Waals surface area contributed by atoms with Crippen molar-refractivity contribution in [3.05, 3.63) is 131 Å². The zero-order valence-electron chi connectivity index (χ0n) is 21.6. The third-order valence-electron chi connectivity index (χ3n) is 7.12. The van der Waals surface area contributed by atoms with Crippen LogP contribution in [0.15, 0.2) is 113 Å². The van der Waals surface area contributed by atoms with Crippen molar-refractivity contribution >= 4 is 37.4 Å². The maximum atomic E-state index is 14.0. The molecular formula is C32H28N2O4S2. The SMILES string of the molecule is O=C(NC(c1ccccc1)c1ccccc1)[C@@H](Cc1csc2ccccc12)NS(=O)(=O)c1ccc2c(c1)CCO2. The van der Waals surface area contributed by atoms with Crippen LogP contribution in [-0.2, 0) is 27.7 Å². The van der Waals surface area contributed by atoms with Crippen LogP contribution in [0, 0.1) is 0 Å². The Hall–Kier alpha value is -3.98. The number of sulfonamides is 1. The lowest BCUT2D eigenvalue weighted by Gasteiger charge is -2.24. The number of hydrogen-bond acceptors (Lipinski definition) is 5. The Kier molecular flexibility index (Phi) is 7.38. The van der Waals surface area contributed by atoms with Crippen molar-refractivity contribution in [3.8, 4) is 5.75 Å². The molecule has 0 bridgehead atoms. The molecule has 1 aromatic heterocycles. The molecule has 5 aromatic rings. The van der Waals surface area contributed by atoms with Crippen molar-refractivity contribution in [1.82, 2.24) is 10.0 Å². The van der Waals surface area contributed by atoms with Crippen LogP contribution >= 0.6 is 11.3 Å². The predicted octanol–water partition coefficient (Wildman–Crippen LogP) is 5.63. The zero-order chi connectivity index (χ0) is 27.5. The summed E-state index contributed by atoms with van der Waals surface area (Å²) in [4.78, 5) is 14.1. The smallest absolute Gasteiger partial charge is 0.241 e. The second-order valence-electron chi connectivity index (χ2n) is 9.77. The summed E-state index contributed by atoms with van der Waals surface area (Å²) in [5, 5.41) is 6.16. The van der Waals surface area contributed by atoms with E-state index in [4.69, 9.17) is 4.74 Å². The van der Waals surface area contributed by atoms with Gasteiger partial charge in [0.1, 0.15) is 11.8 Å². The first-order valence-electron chi connectivity index (χ1n) is 13.1. The van der Waals surface area contributed by atoms with Gasteiger partial charge < -0.3 is 10.1 Å². The van der Waals surface area contributed by atoms with E-state index in [1.54, 1.807) is 23.5 Å². The fraction of sp³-hybridized carbons (Fsp3) is 0.156. The summed E-state index contributed by atoms with van der Waals surface area (Å²) >= 11 is 1.58. The lowest BCUT2D eigenvalue weighted by molar-refractivity contribution is -0.123. The highest BCUT2D eigenvalue weighted by molar-refractivity contribution is 7.89. The molecule has 4 aromatic carbocycles. The Morgan fingerprint density at radius 2 is 1.55 bits per heavy atom. The van der Waals surface area contributed by atoms with E-state index in [1.165, 1.54) is 6.07 Å². The zero-order valence-corrected chi connectivity index (χ0v) is 23.3. The molecule has 0 fully saturated rings. The van der Waals surface area contributed by atoms with Crippen LogP contribution in [-0.4, -0.2) is 27.0 Å². The highest BCUT2D eigenvalue weighted by atomic mass is 32.2. The van der Waals surface area contributed by atoms with Crippen molar-refractivity contribution < 1.29 is 17.9 Å². The van der Waals surface area contributed by atoms with Crippen LogP contribution in [0.1, 0.15) is 28.3 Å². The van der Waals surface area contributed by atoms with Gasteiger partial charge in [0.2, 0.25) is 15.9 Å². The van der Waals surface area contributed by atoms with Gasteiger partial charge in [0.15, 0.2) is 0 Å². The Morgan fingerprint density at radius 3 is 2.27 bits per heavy atom. The minimum atomic E-state index is -4.01. The minimum absolute atomic E-state index is 0.118. The van der Waals surface area contributed by atoms with E-state index in [9.17, 15) is 13.2 Å². The summed E-state index contributed by atoms with van der Waals surface area (Å²) < 4.78 is 36.6. The number of carbonyl (C=O) groups excluding carboxylic acids is 1. The first kappa shape index (κ1) is 26.3. The van der Waals surface area contributed by atoms with Gasteiger partial charge in [-0.2, -0.15) is 4.72 Å². The monoisotopic (exact) mass is 568 g/mol. The van der Waals surface area contributed by atoms with Crippen molar-refractivity contribution in [3.63, 3.8) is 0 Å². The van der Waals surface area contributed by atoms with Crippen molar-refractivity contribution in [1.29, 1.82) is 0 Å². The number of ether oxygens (including phenoxy) is 1. The van der Waals surface area contributed by atoms with Crippen LogP contribution in [0.2, 0.25) is 0 Å². The molecule has 0 radical (unpaired) electrons. The van der Waals surface area contributed by atoms with Crippen molar-refractivity contribution in [2.24, 2.45) is 0 Å². The molecule has 6 nitrogen and oxygen atoms in total. The van der Waals surface area contributed by atoms with Gasteiger partial charge in [-0.05, 0) is 63.7 Å². The number of nitrogens with one attached hydrogen (secondary N) is 2. The van der Waals surface area contributed by atoms with E-state index in [1.807, 2.05) is 90.3 Å². The van der Waals surface area contributed by atoms with E-state index in [2.05, 4.69) is 10.0 Å². The molecule has 0 aliphatic carbocycles. The Morgan fingerprint density at radius 1 is 0.875 bits per heavy atom. The highest BCUT2D eigenvalue weighted by Crippen LogP contribution is 2.30. The van der Waals surface area contributed by atoms with Crippen LogP contribution in [0.25, 0.3) is 10.1 Å². The van der Waals surface area contributed by atoms with Gasteiger partial charge in [-0.1, -0.05) is 78.9 Å². The molecule has 1 atom stereocenters. The second kappa shape index (κ2) is 11.3. The fourth-order valence-corrected chi connectivity index (χ4v) is 7.30. The van der Waals surface area contributed by atoms with E-state index in [0.717, 1.165) is 32.3 Å². The third kappa shape index (κ3) is 5.51. The average Bonchev–Trinajstić information content (AvgIpc) is 3.63. The molecule has 1 amide bonds. The maximum Gasteiger partial charge on any atom is 0.241 e. The van der Waals surface area contributed by atoms with Crippen LogP contribution < -0.4 is 14.8 Å². The number of carbonyl (C=O) groups is 1. The van der Waals surface area contributed by atoms with E-state index >= 15 is 0 Å². The predicted molar refractivity (Wildman–Crippen MR) is 158 cm³/mol. The van der Waals surface area contributed by atoms with E-state index < -0.39 is 28.0 Å². The Labute approximate surface area is 237 Å². The van der Waals surface area contributed by atoms with Crippen molar-refractivity contribution in [2.45, 2.75) is 29.8 Å². The third-order valence-corrected chi connectivity index (χ3v) is 9.60. The molecule has 40 heavy (non-hydrogen) atoms. The molecule has 2 N–H and O–H groups in total. The largest absolute Gasteiger partial charge is 0.493 e. The summed E-state index contributed by atoms with van der Waals surface area (Å²) in [6.07, 6.45) is 0.860. The van der Waals surface area contributed by atoms with Gasteiger partial charge in [0.25, 0.3) is 0 Å². The molecule has 0 saturated carbocycles. The summed E-state index contributed by atoms with van der Waals surface area (Å²) in [5.74, 6) is 0.299. The van der Waals surface area contributed by atoms with Gasteiger partial charge in [0.05, 0.1) is 17.5 Å². The van der Waals surface area contributed by atoms with Crippen LogP contribution in [0.4, 0.5) is 0 Å². The van der Waals surface area contributed by atoms with E-state index in [-0.39, 0.29) is 11.3 Å². The normalized spacial score (nSPS) is 13.6. The highest BCUT2D eigenvalue weighted by Gasteiger charge is 2.30. The number of amides is 1. The standard InChI is InChI=1S/C32H28N2O4S2/c35-32(33-31(22-9-3-1-4-10-22)23-11-5-2-6-12-23)28(20-25-21-39-30-14-8-7-13-27(25)30)34-40(36,37)26-15-16-29-24(19-26)17-18-38-29/h1-16,19,21,28,31,34H,17-18,20H2,(H,33,35)/t28-/m1/s1. The summed E-state index contributed by atoms with van der Waals surface area (Å²) in [7, 11) is -4.01. The molecule has 1 aliphatic rings. The summed E-state index contributed by atoms with van der Waals surface area (Å²) in [6, 6.07) is 30.7. The lowest BCUT2D eigenvalue weighted by atomic mass is 9.97. The van der Waals surface area contributed by atoms with Crippen molar-refractivity contribution in [2.75, 3.05) is 6.61 Å². The van der Waals surface area contributed by atoms with E-state index in [0.29, 0.717) is 18.8 Å². The molecule has 2 heterocycles. The molecule has 0 spiro atoms. The summed E-state index contributed by atoms with van der Waals surface area (Å²) in [5.41, 5.74) is 3.58. The van der Waals surface area contributed by atoms with Gasteiger partial charge in [-0.3, -0.25) is 4.79 Å². The molecule has 8 heteroatoms. The number of rotatable bonds is 9. The quantitative estimate of drug-likeness (QED) is 0.241. The fourth-order valence-electron chi connectivity index (χ4n) is 5.08. The maximum absolute atomic E-state index is 14.0. The molecule has 202 valence electrons. The number of benzene rings is 4. The Balaban J connectivity index is 1.34. The number of thiophene rings is 1. The van der Waals surface area contributed by atoms with Gasteiger partial charge in [0, 0.05) is 11.1 Å². The van der Waals surface area contributed by atoms with Crippen LogP contribution in [0.5, 0.6) is 5.75 Å². The molecule has 1 aliphatic heterocycles. The number of fused-ring (bicyclic) bond motifs is 2. The second-order valence-corrected chi connectivity index (χ2v) is 12.4. The average molecular weight is 569 g/mol. The minimum Gasteiger partial charge on any atom is -0.493 e. The molecule has 0 saturated heterocycles. The lowest BCUT2D eigenvalue weighted by Crippen LogP contribution is -2.49. The van der Waals surface area contributed by atoms with Gasteiger partial charge >= 0.3 is 0 Å². The first-order valence-corrected chi connectivity index (χ1v) is 15.5. The van der Waals surface area contributed by atoms with Gasteiger partial charge in [-0.25, -0.2) is 8.42 Å². The van der Waals surface area contributed by atoms with Crippen LogP contribution in [0.3, 0.4) is 0 Å². The Bertz CT molecular complexity index is 1710. The molecule has 0 unspecified atom stereocenters. The first-order chi connectivity index (χ1) is 19.5. The topological polar surface area (TPSA) is 84.5 Å². The number of hydrogen-bond donors (Lipinski definition) is 2. The summed E-state index contributed by atoms with van der Waals surface area (Å²) in [6.45, 7) is 0.531. The molecule has 6 rings (SSSR count). The van der Waals surface area contributed by atoms with Gasteiger partial charge in [-0.15, -0.1) is 11.3 Å². The molecular weight excluding hydrogens is 540 g/mol.